The molecular weight excluding hydrogens is 204 g/mol. The summed E-state index contributed by atoms with van der Waals surface area (Å²) < 4.78 is 0. The predicted molar refractivity (Wildman–Crippen MR) is 81.3 cm³/mol. The van der Waals surface area contributed by atoms with Gasteiger partial charge in [-0.2, -0.15) is 0 Å². The fraction of sp³-hybridized carbons (Fsp3) is 0.647. The molecule has 0 N–H and O–H groups in total. The van der Waals surface area contributed by atoms with Gasteiger partial charge in [0, 0.05) is 0 Å². The third-order valence-electron chi connectivity index (χ3n) is 1.73. The van der Waals surface area contributed by atoms with Crippen molar-refractivity contribution in [3.05, 3.63) is 36.4 Å². The molecule has 0 amide bonds. The van der Waals surface area contributed by atoms with Gasteiger partial charge in [0.15, 0.2) is 0 Å². The van der Waals surface area contributed by atoms with Crippen molar-refractivity contribution in [2.45, 2.75) is 61.8 Å². The van der Waals surface area contributed by atoms with Gasteiger partial charge in [-0.25, -0.2) is 0 Å². The molecule has 0 atom stereocenters. The zero-order chi connectivity index (χ0) is 13.9. The van der Waals surface area contributed by atoms with Crippen LogP contribution in [0, 0.1) is 10.8 Å². The fourth-order valence-electron chi connectivity index (χ4n) is 1.98. The summed E-state index contributed by atoms with van der Waals surface area (Å²) >= 11 is 0. The Bertz CT molecular complexity index is 194. The number of benzene rings is 1. The van der Waals surface area contributed by atoms with E-state index in [2.05, 4.69) is 41.5 Å². The molecule has 0 aliphatic carbocycles. The molecule has 100 valence electrons. The summed E-state index contributed by atoms with van der Waals surface area (Å²) in [5.41, 5.74) is 0.969. The SMILES string of the molecule is CC.CC(C)(C)CC(C)(C)C.c1ccccc1. The molecule has 0 aromatic heterocycles. The molecule has 0 saturated carbocycles. The Kier molecular flexibility index (Phi) is 10.1. The summed E-state index contributed by atoms with van der Waals surface area (Å²) in [7, 11) is 0. The van der Waals surface area contributed by atoms with Crippen LogP contribution < -0.4 is 0 Å². The summed E-state index contributed by atoms with van der Waals surface area (Å²) in [4.78, 5) is 0. The first-order chi connectivity index (χ1) is 7.71. The Morgan fingerprint density at radius 3 is 0.765 bits per heavy atom. The molecule has 0 heterocycles. The van der Waals surface area contributed by atoms with E-state index in [1.54, 1.807) is 0 Å². The molecule has 1 rings (SSSR count). The minimum Gasteiger partial charge on any atom is -0.0683 e. The maximum atomic E-state index is 2.29. The summed E-state index contributed by atoms with van der Waals surface area (Å²) in [6.45, 7) is 17.7. The van der Waals surface area contributed by atoms with Crippen molar-refractivity contribution in [2.75, 3.05) is 0 Å². The zero-order valence-electron chi connectivity index (χ0n) is 13.2. The smallest absolute Gasteiger partial charge is 0.0378 e. The predicted octanol–water partition coefficient (Wildman–Crippen LogP) is 6.18. The van der Waals surface area contributed by atoms with E-state index in [-0.39, 0.29) is 0 Å². The Hall–Kier alpha value is -0.780. The third-order valence-corrected chi connectivity index (χ3v) is 1.73. The highest BCUT2D eigenvalue weighted by Gasteiger charge is 2.20. The normalized spacial score (nSPS) is 10.6. The van der Waals surface area contributed by atoms with Crippen LogP contribution in [0.1, 0.15) is 61.8 Å². The first kappa shape index (κ1) is 18.6. The van der Waals surface area contributed by atoms with Gasteiger partial charge in [0.05, 0.1) is 0 Å². The Morgan fingerprint density at radius 1 is 0.529 bits per heavy atom. The van der Waals surface area contributed by atoms with Crippen molar-refractivity contribution in [3.8, 4) is 0 Å². The molecule has 0 aliphatic heterocycles. The van der Waals surface area contributed by atoms with Crippen LogP contribution in [-0.2, 0) is 0 Å². The van der Waals surface area contributed by atoms with Crippen LogP contribution in [0.5, 0.6) is 0 Å². The average molecular weight is 236 g/mol. The highest BCUT2D eigenvalue weighted by Crippen LogP contribution is 2.31. The highest BCUT2D eigenvalue weighted by molar-refractivity contribution is 4.99. The first-order valence-corrected chi connectivity index (χ1v) is 6.71. The van der Waals surface area contributed by atoms with Gasteiger partial charge in [0.1, 0.15) is 0 Å². The monoisotopic (exact) mass is 236 g/mol. The third kappa shape index (κ3) is 21.1. The highest BCUT2D eigenvalue weighted by atomic mass is 14.3. The van der Waals surface area contributed by atoms with Gasteiger partial charge >= 0.3 is 0 Å². The second-order valence-electron chi connectivity index (χ2n) is 6.45. The van der Waals surface area contributed by atoms with E-state index in [1.807, 2.05) is 50.2 Å². The second-order valence-corrected chi connectivity index (χ2v) is 6.45. The molecule has 1 aromatic rings. The molecular formula is C17H32. The lowest BCUT2D eigenvalue weighted by molar-refractivity contribution is 0.233. The molecule has 0 radical (unpaired) electrons. The summed E-state index contributed by atoms with van der Waals surface area (Å²) in [6.07, 6.45) is 1.29. The van der Waals surface area contributed by atoms with Crippen LogP contribution >= 0.6 is 0 Å². The van der Waals surface area contributed by atoms with E-state index in [9.17, 15) is 0 Å². The van der Waals surface area contributed by atoms with Gasteiger partial charge in [-0.1, -0.05) is 91.8 Å². The van der Waals surface area contributed by atoms with Gasteiger partial charge in [0.25, 0.3) is 0 Å². The topological polar surface area (TPSA) is 0 Å². The second kappa shape index (κ2) is 9.27. The Labute approximate surface area is 109 Å². The maximum absolute atomic E-state index is 2.29. The van der Waals surface area contributed by atoms with Gasteiger partial charge in [-0.05, 0) is 17.3 Å². The van der Waals surface area contributed by atoms with E-state index in [4.69, 9.17) is 0 Å². The Morgan fingerprint density at radius 2 is 0.706 bits per heavy atom. The van der Waals surface area contributed by atoms with Crippen molar-refractivity contribution in [3.63, 3.8) is 0 Å². The molecule has 1 aromatic carbocycles. The van der Waals surface area contributed by atoms with Crippen LogP contribution in [0.25, 0.3) is 0 Å². The van der Waals surface area contributed by atoms with Crippen LogP contribution in [-0.4, -0.2) is 0 Å². The van der Waals surface area contributed by atoms with E-state index in [0.717, 1.165) is 0 Å². The van der Waals surface area contributed by atoms with Crippen LogP contribution in [0.3, 0.4) is 0 Å². The standard InChI is InChI=1S/C9H20.C6H6.C2H6/c1-8(2,3)7-9(4,5)6;1-2-4-6-5-3-1;1-2/h7H2,1-6H3;1-6H;1-2H3. The summed E-state index contributed by atoms with van der Waals surface area (Å²) in [5.74, 6) is 0. The van der Waals surface area contributed by atoms with Crippen LogP contribution in [0.2, 0.25) is 0 Å². The van der Waals surface area contributed by atoms with Gasteiger partial charge in [0.2, 0.25) is 0 Å². The summed E-state index contributed by atoms with van der Waals surface area (Å²) in [6, 6.07) is 12.0. The largest absolute Gasteiger partial charge is 0.0683 e. The molecule has 0 heteroatoms. The van der Waals surface area contributed by atoms with E-state index in [1.165, 1.54) is 6.42 Å². The van der Waals surface area contributed by atoms with Crippen molar-refractivity contribution >= 4 is 0 Å². The average Bonchev–Trinajstić information content (AvgIpc) is 2.19. The molecule has 0 spiro atoms. The quantitative estimate of drug-likeness (QED) is 0.504. The molecule has 0 nitrogen and oxygen atoms in total. The summed E-state index contributed by atoms with van der Waals surface area (Å²) in [5, 5.41) is 0. The molecule has 17 heavy (non-hydrogen) atoms. The molecule has 0 bridgehead atoms. The van der Waals surface area contributed by atoms with Gasteiger partial charge in [-0.15, -0.1) is 0 Å². The maximum Gasteiger partial charge on any atom is -0.0378 e. The lowest BCUT2D eigenvalue weighted by atomic mass is 9.78. The van der Waals surface area contributed by atoms with E-state index >= 15 is 0 Å². The van der Waals surface area contributed by atoms with Gasteiger partial charge < -0.3 is 0 Å². The van der Waals surface area contributed by atoms with Crippen LogP contribution in [0.15, 0.2) is 36.4 Å². The molecule has 0 aliphatic rings. The molecule has 0 unspecified atom stereocenters. The minimum atomic E-state index is 0.484. The van der Waals surface area contributed by atoms with Crippen molar-refractivity contribution in [2.24, 2.45) is 10.8 Å². The molecule has 0 fully saturated rings. The van der Waals surface area contributed by atoms with E-state index in [0.29, 0.717) is 10.8 Å². The van der Waals surface area contributed by atoms with Crippen molar-refractivity contribution in [1.82, 2.24) is 0 Å². The lowest BCUT2D eigenvalue weighted by Crippen LogP contribution is -2.16. The van der Waals surface area contributed by atoms with Crippen LogP contribution in [0.4, 0.5) is 0 Å². The van der Waals surface area contributed by atoms with Crippen molar-refractivity contribution < 1.29 is 0 Å². The lowest BCUT2D eigenvalue weighted by Gasteiger charge is -2.28. The molecule has 0 saturated heterocycles. The minimum absolute atomic E-state index is 0.484. The first-order valence-electron chi connectivity index (χ1n) is 6.71. The number of hydrogen-bond donors (Lipinski definition) is 0. The van der Waals surface area contributed by atoms with Gasteiger partial charge in [-0.3, -0.25) is 0 Å². The van der Waals surface area contributed by atoms with Crippen molar-refractivity contribution in [1.29, 1.82) is 0 Å². The fourth-order valence-corrected chi connectivity index (χ4v) is 1.98. The zero-order valence-corrected chi connectivity index (χ0v) is 13.2. The van der Waals surface area contributed by atoms with E-state index < -0.39 is 0 Å². The Balaban J connectivity index is 0. The number of rotatable bonds is 0. The number of hydrogen-bond acceptors (Lipinski definition) is 0.